The first kappa shape index (κ1) is 13.9. The quantitative estimate of drug-likeness (QED) is 0.910. The number of nitrogens with zero attached hydrogens (tertiary/aromatic N) is 1. The molecule has 2 atom stereocenters. The Hall–Kier alpha value is -1.49. The summed E-state index contributed by atoms with van der Waals surface area (Å²) < 4.78 is 26.3. The lowest BCUT2D eigenvalue weighted by molar-refractivity contribution is -0.130. The Labute approximate surface area is 111 Å². The fraction of sp³-hybridized carbons (Fsp3) is 0.500. The Balaban J connectivity index is 2.30. The van der Waals surface area contributed by atoms with Crippen LogP contribution in [0, 0.1) is 11.6 Å². The zero-order valence-corrected chi connectivity index (χ0v) is 11.1. The van der Waals surface area contributed by atoms with Gasteiger partial charge in [-0.25, -0.2) is 8.78 Å². The summed E-state index contributed by atoms with van der Waals surface area (Å²) in [6, 6.07) is 3.52. The highest BCUT2D eigenvalue weighted by Crippen LogP contribution is 2.27. The molecule has 1 fully saturated rings. The third kappa shape index (κ3) is 2.61. The maximum atomic E-state index is 13.3. The topological polar surface area (TPSA) is 32.3 Å². The normalized spacial score (nSPS) is 23.2. The Morgan fingerprint density at radius 1 is 1.26 bits per heavy atom. The van der Waals surface area contributed by atoms with Gasteiger partial charge in [0.05, 0.1) is 6.04 Å². The van der Waals surface area contributed by atoms with Crippen molar-refractivity contribution in [3.63, 3.8) is 0 Å². The Kier molecular flexibility index (Phi) is 4.14. The van der Waals surface area contributed by atoms with Crippen molar-refractivity contribution in [2.24, 2.45) is 0 Å². The first-order valence-corrected chi connectivity index (χ1v) is 6.60. The minimum Gasteiger partial charge on any atom is -0.322 e. The standard InChI is InChI=1S/C14H18F2N2O/c1-3-7-18-13(17-12(4-2)14(18)19)9-5-6-10(15)11(16)8-9/h5-6,8,12-13,17H,3-4,7H2,1-2H3. The maximum Gasteiger partial charge on any atom is 0.241 e. The van der Waals surface area contributed by atoms with Gasteiger partial charge < -0.3 is 4.90 Å². The van der Waals surface area contributed by atoms with Crippen molar-refractivity contribution in [1.82, 2.24) is 10.2 Å². The van der Waals surface area contributed by atoms with Crippen LogP contribution in [0.4, 0.5) is 8.78 Å². The van der Waals surface area contributed by atoms with Gasteiger partial charge in [0.1, 0.15) is 6.17 Å². The molecular formula is C14H18F2N2O. The second-order valence-corrected chi connectivity index (χ2v) is 4.74. The monoisotopic (exact) mass is 268 g/mol. The Morgan fingerprint density at radius 3 is 2.58 bits per heavy atom. The highest BCUT2D eigenvalue weighted by molar-refractivity contribution is 5.84. The zero-order valence-electron chi connectivity index (χ0n) is 11.1. The third-order valence-electron chi connectivity index (χ3n) is 3.38. The van der Waals surface area contributed by atoms with Crippen LogP contribution in [0.5, 0.6) is 0 Å². The molecule has 0 aromatic heterocycles. The van der Waals surface area contributed by atoms with Crippen molar-refractivity contribution in [2.45, 2.75) is 38.9 Å². The van der Waals surface area contributed by atoms with E-state index in [9.17, 15) is 13.6 Å². The smallest absolute Gasteiger partial charge is 0.241 e. The number of amides is 1. The van der Waals surface area contributed by atoms with Gasteiger partial charge in [0.25, 0.3) is 0 Å². The molecule has 1 aliphatic heterocycles. The summed E-state index contributed by atoms with van der Waals surface area (Å²) >= 11 is 0. The van der Waals surface area contributed by atoms with Crippen LogP contribution in [0.2, 0.25) is 0 Å². The molecule has 0 bridgehead atoms. The predicted molar refractivity (Wildman–Crippen MR) is 68.3 cm³/mol. The van der Waals surface area contributed by atoms with Gasteiger partial charge in [0, 0.05) is 6.54 Å². The van der Waals surface area contributed by atoms with Crippen molar-refractivity contribution in [3.8, 4) is 0 Å². The molecule has 0 aliphatic carbocycles. The first-order valence-electron chi connectivity index (χ1n) is 6.60. The van der Waals surface area contributed by atoms with Crippen LogP contribution in [0.25, 0.3) is 0 Å². The van der Waals surface area contributed by atoms with Crippen LogP contribution in [0.1, 0.15) is 38.4 Å². The van der Waals surface area contributed by atoms with Crippen LogP contribution in [-0.4, -0.2) is 23.4 Å². The molecule has 1 aliphatic rings. The molecule has 1 aromatic carbocycles. The zero-order chi connectivity index (χ0) is 14.0. The summed E-state index contributed by atoms with van der Waals surface area (Å²) in [5.41, 5.74) is 0.580. The molecule has 0 spiro atoms. The molecule has 1 saturated heterocycles. The fourth-order valence-electron chi connectivity index (χ4n) is 2.41. The van der Waals surface area contributed by atoms with E-state index in [1.165, 1.54) is 6.07 Å². The minimum absolute atomic E-state index is 0.0269. The van der Waals surface area contributed by atoms with Gasteiger partial charge in [-0.3, -0.25) is 10.1 Å². The molecule has 2 unspecified atom stereocenters. The molecule has 2 rings (SSSR count). The number of rotatable bonds is 4. The number of hydrogen-bond donors (Lipinski definition) is 1. The van der Waals surface area contributed by atoms with Crippen molar-refractivity contribution in [2.75, 3.05) is 6.54 Å². The van der Waals surface area contributed by atoms with Crippen molar-refractivity contribution in [1.29, 1.82) is 0 Å². The Morgan fingerprint density at radius 2 is 2.00 bits per heavy atom. The van der Waals surface area contributed by atoms with Crippen LogP contribution in [0.3, 0.4) is 0 Å². The van der Waals surface area contributed by atoms with Crippen LogP contribution >= 0.6 is 0 Å². The molecule has 1 heterocycles. The number of nitrogens with one attached hydrogen (secondary N) is 1. The average molecular weight is 268 g/mol. The van der Waals surface area contributed by atoms with E-state index in [1.54, 1.807) is 4.90 Å². The van der Waals surface area contributed by atoms with Crippen LogP contribution < -0.4 is 5.32 Å². The van der Waals surface area contributed by atoms with Crippen LogP contribution in [-0.2, 0) is 4.79 Å². The van der Waals surface area contributed by atoms with Gasteiger partial charge in [0.15, 0.2) is 11.6 Å². The van der Waals surface area contributed by atoms with Crippen molar-refractivity contribution in [3.05, 3.63) is 35.4 Å². The predicted octanol–water partition coefficient (Wildman–Crippen LogP) is 2.58. The van der Waals surface area contributed by atoms with E-state index in [4.69, 9.17) is 0 Å². The van der Waals surface area contributed by atoms with Gasteiger partial charge in [0.2, 0.25) is 5.91 Å². The SMILES string of the molecule is CCCN1C(=O)C(CC)NC1c1ccc(F)c(F)c1. The summed E-state index contributed by atoms with van der Waals surface area (Å²) in [5.74, 6) is -1.73. The lowest BCUT2D eigenvalue weighted by Gasteiger charge is -2.24. The number of benzene rings is 1. The Bertz CT molecular complexity index is 479. The third-order valence-corrected chi connectivity index (χ3v) is 3.38. The second kappa shape index (κ2) is 5.65. The van der Waals surface area contributed by atoms with E-state index in [1.807, 2.05) is 13.8 Å². The molecule has 1 amide bonds. The van der Waals surface area contributed by atoms with Gasteiger partial charge in [-0.1, -0.05) is 19.9 Å². The van der Waals surface area contributed by atoms with Gasteiger partial charge in [-0.05, 0) is 30.5 Å². The minimum atomic E-state index is -0.886. The van der Waals surface area contributed by atoms with Crippen LogP contribution in [0.15, 0.2) is 18.2 Å². The van der Waals surface area contributed by atoms with E-state index < -0.39 is 11.6 Å². The van der Waals surface area contributed by atoms with E-state index in [2.05, 4.69) is 5.32 Å². The molecule has 3 nitrogen and oxygen atoms in total. The van der Waals surface area contributed by atoms with Gasteiger partial charge in [-0.2, -0.15) is 0 Å². The number of hydrogen-bond acceptors (Lipinski definition) is 2. The lowest BCUT2D eigenvalue weighted by Crippen LogP contribution is -2.31. The summed E-state index contributed by atoms with van der Waals surface area (Å²) in [7, 11) is 0. The molecule has 0 radical (unpaired) electrons. The highest BCUT2D eigenvalue weighted by atomic mass is 19.2. The van der Waals surface area contributed by atoms with Crippen molar-refractivity contribution >= 4 is 5.91 Å². The number of carbonyl (C=O) groups is 1. The second-order valence-electron chi connectivity index (χ2n) is 4.74. The summed E-state index contributed by atoms with van der Waals surface area (Å²) in [6.07, 6.45) is 1.14. The lowest BCUT2D eigenvalue weighted by atomic mass is 10.1. The van der Waals surface area contributed by atoms with E-state index in [0.717, 1.165) is 18.6 Å². The van der Waals surface area contributed by atoms with E-state index >= 15 is 0 Å². The van der Waals surface area contributed by atoms with Crippen molar-refractivity contribution < 1.29 is 13.6 Å². The van der Waals surface area contributed by atoms with Gasteiger partial charge in [-0.15, -0.1) is 0 Å². The maximum absolute atomic E-state index is 13.3. The summed E-state index contributed by atoms with van der Waals surface area (Å²) in [5, 5.41) is 3.18. The fourth-order valence-corrected chi connectivity index (χ4v) is 2.41. The number of halogens is 2. The molecule has 1 N–H and O–H groups in total. The van der Waals surface area contributed by atoms with E-state index in [0.29, 0.717) is 18.5 Å². The molecule has 0 saturated carbocycles. The average Bonchev–Trinajstić information content (AvgIpc) is 2.71. The largest absolute Gasteiger partial charge is 0.322 e. The molecular weight excluding hydrogens is 250 g/mol. The molecule has 5 heteroatoms. The van der Waals surface area contributed by atoms with Gasteiger partial charge >= 0.3 is 0 Å². The van der Waals surface area contributed by atoms with E-state index in [-0.39, 0.29) is 18.1 Å². The summed E-state index contributed by atoms with van der Waals surface area (Å²) in [4.78, 5) is 13.9. The number of carbonyl (C=O) groups excluding carboxylic acids is 1. The first-order chi connectivity index (χ1) is 9.08. The summed E-state index contributed by atoms with van der Waals surface area (Å²) in [6.45, 7) is 4.51. The molecule has 104 valence electrons. The molecule has 19 heavy (non-hydrogen) atoms. The highest BCUT2D eigenvalue weighted by Gasteiger charge is 2.38. The molecule has 1 aromatic rings.